The zero-order valence-electron chi connectivity index (χ0n) is 12.7. The van der Waals surface area contributed by atoms with Gasteiger partial charge in [0.05, 0.1) is 6.61 Å². The van der Waals surface area contributed by atoms with Crippen LogP contribution in [0.2, 0.25) is 0 Å². The summed E-state index contributed by atoms with van der Waals surface area (Å²) in [5, 5.41) is 3.31. The minimum Gasteiger partial charge on any atom is -0.490 e. The first-order valence-electron chi connectivity index (χ1n) is 7.25. The summed E-state index contributed by atoms with van der Waals surface area (Å²) in [5.41, 5.74) is 0.873. The smallest absolute Gasteiger partial charge is 0.165 e. The van der Waals surface area contributed by atoms with Crippen LogP contribution in [0.25, 0.3) is 0 Å². The minimum atomic E-state index is -0.291. The van der Waals surface area contributed by atoms with Crippen LogP contribution in [0, 0.1) is 11.7 Å². The third kappa shape index (κ3) is 6.35. The fourth-order valence-corrected chi connectivity index (χ4v) is 1.87. The summed E-state index contributed by atoms with van der Waals surface area (Å²) in [6, 6.07) is 5.07. The van der Waals surface area contributed by atoms with Crippen molar-refractivity contribution in [2.24, 2.45) is 5.92 Å². The molecule has 0 saturated heterocycles. The summed E-state index contributed by atoms with van der Waals surface area (Å²) in [7, 11) is 1.68. The van der Waals surface area contributed by atoms with Gasteiger partial charge in [-0.2, -0.15) is 0 Å². The Bertz CT molecular complexity index is 383. The maximum absolute atomic E-state index is 13.8. The van der Waals surface area contributed by atoms with Crippen molar-refractivity contribution in [3.8, 4) is 5.75 Å². The summed E-state index contributed by atoms with van der Waals surface area (Å²) >= 11 is 0. The van der Waals surface area contributed by atoms with Gasteiger partial charge in [0.1, 0.15) is 0 Å². The Balaban J connectivity index is 2.49. The lowest BCUT2D eigenvalue weighted by Gasteiger charge is -2.14. The molecule has 0 saturated carbocycles. The fourth-order valence-electron chi connectivity index (χ4n) is 1.87. The SMILES string of the molecule is COCCCCOc1c(F)cccc1CNCC(C)C. The highest BCUT2D eigenvalue weighted by Crippen LogP contribution is 2.23. The van der Waals surface area contributed by atoms with Gasteiger partial charge in [-0.05, 0) is 31.4 Å². The Labute approximate surface area is 121 Å². The van der Waals surface area contributed by atoms with Gasteiger partial charge in [-0.25, -0.2) is 4.39 Å². The molecule has 0 amide bonds. The molecule has 1 aromatic rings. The molecule has 0 aliphatic carbocycles. The van der Waals surface area contributed by atoms with E-state index in [0.29, 0.717) is 31.4 Å². The number of benzene rings is 1. The molecular weight excluding hydrogens is 257 g/mol. The van der Waals surface area contributed by atoms with E-state index in [1.54, 1.807) is 13.2 Å². The van der Waals surface area contributed by atoms with E-state index in [-0.39, 0.29) is 5.82 Å². The van der Waals surface area contributed by atoms with Crippen LogP contribution in [-0.4, -0.2) is 26.9 Å². The molecule has 0 aliphatic rings. The van der Waals surface area contributed by atoms with Gasteiger partial charge in [-0.15, -0.1) is 0 Å². The van der Waals surface area contributed by atoms with E-state index < -0.39 is 0 Å². The quantitative estimate of drug-likeness (QED) is 0.668. The van der Waals surface area contributed by atoms with Crippen molar-refractivity contribution >= 4 is 0 Å². The molecule has 0 aliphatic heterocycles. The maximum Gasteiger partial charge on any atom is 0.165 e. The van der Waals surface area contributed by atoms with Crippen LogP contribution >= 0.6 is 0 Å². The Morgan fingerprint density at radius 1 is 1.20 bits per heavy atom. The molecule has 4 heteroatoms. The van der Waals surface area contributed by atoms with Crippen LogP contribution in [0.1, 0.15) is 32.3 Å². The van der Waals surface area contributed by atoms with Gasteiger partial charge in [0.15, 0.2) is 11.6 Å². The van der Waals surface area contributed by atoms with Gasteiger partial charge >= 0.3 is 0 Å². The van der Waals surface area contributed by atoms with Crippen molar-refractivity contribution in [1.29, 1.82) is 0 Å². The molecule has 3 nitrogen and oxygen atoms in total. The average molecular weight is 283 g/mol. The summed E-state index contributed by atoms with van der Waals surface area (Å²) in [5.74, 6) is 0.656. The van der Waals surface area contributed by atoms with Gasteiger partial charge in [0.25, 0.3) is 0 Å². The summed E-state index contributed by atoms with van der Waals surface area (Å²) in [4.78, 5) is 0. The van der Waals surface area contributed by atoms with Crippen LogP contribution in [0.4, 0.5) is 4.39 Å². The first kappa shape index (κ1) is 16.9. The van der Waals surface area contributed by atoms with Crippen LogP contribution in [0.15, 0.2) is 18.2 Å². The Kier molecular flexibility index (Phi) is 8.23. The molecule has 0 radical (unpaired) electrons. The van der Waals surface area contributed by atoms with Crippen molar-refractivity contribution in [3.05, 3.63) is 29.6 Å². The summed E-state index contributed by atoms with van der Waals surface area (Å²) in [6.07, 6.45) is 1.78. The van der Waals surface area contributed by atoms with E-state index in [0.717, 1.165) is 24.9 Å². The molecule has 20 heavy (non-hydrogen) atoms. The standard InChI is InChI=1S/C16H26FNO2/c1-13(2)11-18-12-14-7-6-8-15(17)16(14)20-10-5-4-9-19-3/h6-8,13,18H,4-5,9-12H2,1-3H3. The Morgan fingerprint density at radius 2 is 1.95 bits per heavy atom. The molecule has 1 N–H and O–H groups in total. The zero-order chi connectivity index (χ0) is 14.8. The number of halogens is 1. The van der Waals surface area contributed by atoms with Crippen molar-refractivity contribution < 1.29 is 13.9 Å². The number of unbranched alkanes of at least 4 members (excludes halogenated alkanes) is 1. The van der Waals surface area contributed by atoms with E-state index in [2.05, 4.69) is 19.2 Å². The highest BCUT2D eigenvalue weighted by Gasteiger charge is 2.09. The molecule has 1 rings (SSSR count). The topological polar surface area (TPSA) is 30.5 Å². The van der Waals surface area contributed by atoms with Crippen molar-refractivity contribution in [2.45, 2.75) is 33.2 Å². The predicted molar refractivity (Wildman–Crippen MR) is 79.5 cm³/mol. The highest BCUT2D eigenvalue weighted by atomic mass is 19.1. The van der Waals surface area contributed by atoms with Gasteiger partial charge in [-0.3, -0.25) is 0 Å². The second-order valence-electron chi connectivity index (χ2n) is 5.30. The molecule has 0 atom stereocenters. The van der Waals surface area contributed by atoms with Gasteiger partial charge < -0.3 is 14.8 Å². The predicted octanol–water partition coefficient (Wildman–Crippen LogP) is 3.38. The van der Waals surface area contributed by atoms with Crippen molar-refractivity contribution in [1.82, 2.24) is 5.32 Å². The summed E-state index contributed by atoms with van der Waals surface area (Å²) < 4.78 is 24.4. The van der Waals surface area contributed by atoms with E-state index in [4.69, 9.17) is 9.47 Å². The van der Waals surface area contributed by atoms with Gasteiger partial charge in [0.2, 0.25) is 0 Å². The lowest BCUT2D eigenvalue weighted by atomic mass is 10.1. The van der Waals surface area contributed by atoms with Gasteiger partial charge in [0, 0.05) is 25.8 Å². The number of hydrogen-bond acceptors (Lipinski definition) is 3. The molecule has 114 valence electrons. The Hall–Kier alpha value is -1.13. The lowest BCUT2D eigenvalue weighted by molar-refractivity contribution is 0.183. The van der Waals surface area contributed by atoms with Crippen molar-refractivity contribution in [2.75, 3.05) is 26.9 Å². The van der Waals surface area contributed by atoms with Crippen LogP contribution in [0.5, 0.6) is 5.75 Å². The molecule has 0 bridgehead atoms. The molecule has 0 spiro atoms. The Morgan fingerprint density at radius 3 is 2.65 bits per heavy atom. The second kappa shape index (κ2) is 9.72. The van der Waals surface area contributed by atoms with Crippen LogP contribution in [-0.2, 0) is 11.3 Å². The molecule has 0 aromatic heterocycles. The lowest BCUT2D eigenvalue weighted by Crippen LogP contribution is -2.19. The largest absolute Gasteiger partial charge is 0.490 e. The van der Waals surface area contributed by atoms with E-state index in [1.165, 1.54) is 6.07 Å². The van der Waals surface area contributed by atoms with Crippen LogP contribution < -0.4 is 10.1 Å². The van der Waals surface area contributed by atoms with Crippen LogP contribution in [0.3, 0.4) is 0 Å². The first-order chi connectivity index (χ1) is 9.65. The van der Waals surface area contributed by atoms with Gasteiger partial charge in [-0.1, -0.05) is 26.0 Å². The molecule has 0 unspecified atom stereocenters. The highest BCUT2D eigenvalue weighted by molar-refractivity contribution is 5.34. The van der Waals surface area contributed by atoms with E-state index >= 15 is 0 Å². The fraction of sp³-hybridized carbons (Fsp3) is 0.625. The molecule has 0 heterocycles. The number of para-hydroxylation sites is 1. The molecule has 0 fully saturated rings. The number of nitrogens with one attached hydrogen (secondary N) is 1. The molecular formula is C16H26FNO2. The van der Waals surface area contributed by atoms with E-state index in [1.807, 2.05) is 6.07 Å². The third-order valence-electron chi connectivity index (χ3n) is 2.91. The minimum absolute atomic E-state index is 0.291. The summed E-state index contributed by atoms with van der Waals surface area (Å²) in [6.45, 7) is 7.05. The second-order valence-corrected chi connectivity index (χ2v) is 5.30. The van der Waals surface area contributed by atoms with E-state index in [9.17, 15) is 4.39 Å². The number of methoxy groups -OCH3 is 1. The monoisotopic (exact) mass is 283 g/mol. The maximum atomic E-state index is 13.8. The first-order valence-corrected chi connectivity index (χ1v) is 7.25. The third-order valence-corrected chi connectivity index (χ3v) is 2.91. The zero-order valence-corrected chi connectivity index (χ0v) is 12.7. The number of rotatable bonds is 10. The average Bonchev–Trinajstić information content (AvgIpc) is 2.40. The van der Waals surface area contributed by atoms with Crippen molar-refractivity contribution in [3.63, 3.8) is 0 Å². The number of hydrogen-bond donors (Lipinski definition) is 1. The molecule has 1 aromatic carbocycles. The number of ether oxygens (including phenoxy) is 2. The normalized spacial score (nSPS) is 11.1.